The van der Waals surface area contributed by atoms with Gasteiger partial charge in [0.2, 0.25) is 5.91 Å². The van der Waals surface area contributed by atoms with E-state index in [4.69, 9.17) is 32.7 Å². The maximum absolute atomic E-state index is 12.2. The Morgan fingerprint density at radius 1 is 0.941 bits per heavy atom. The Morgan fingerprint density at radius 3 is 2.56 bits per heavy atom. The van der Waals surface area contributed by atoms with Gasteiger partial charge < -0.3 is 14.4 Å². The van der Waals surface area contributed by atoms with E-state index in [2.05, 4.69) is 15.9 Å². The molecule has 1 fully saturated rings. The van der Waals surface area contributed by atoms with Crippen molar-refractivity contribution >= 4 is 40.5 Å². The van der Waals surface area contributed by atoms with Crippen LogP contribution in [0.2, 0.25) is 10.0 Å². The fourth-order valence-corrected chi connectivity index (χ4v) is 5.05. The van der Waals surface area contributed by atoms with Gasteiger partial charge in [-0.2, -0.15) is 0 Å². The molecule has 6 nitrogen and oxygen atoms in total. The number of piperazine rings is 1. The van der Waals surface area contributed by atoms with E-state index < -0.39 is 0 Å². The van der Waals surface area contributed by atoms with Crippen LogP contribution in [-0.2, 0) is 16.0 Å². The van der Waals surface area contributed by atoms with Crippen LogP contribution in [0.3, 0.4) is 0 Å². The Morgan fingerprint density at radius 2 is 1.76 bits per heavy atom. The highest BCUT2D eigenvalue weighted by Gasteiger charge is 2.24. The molecule has 2 heterocycles. The van der Waals surface area contributed by atoms with Crippen molar-refractivity contribution in [3.63, 3.8) is 0 Å². The first-order valence-electron chi connectivity index (χ1n) is 12.0. The molecule has 0 bridgehead atoms. The number of benzene rings is 2. The summed E-state index contributed by atoms with van der Waals surface area (Å²) in [7, 11) is 1.61. The molecule has 0 N–H and O–H groups in total. The van der Waals surface area contributed by atoms with Gasteiger partial charge in [-0.15, -0.1) is 0 Å². The number of ether oxygens (including phenoxy) is 2. The van der Waals surface area contributed by atoms with E-state index in [1.807, 2.05) is 30.3 Å². The fourth-order valence-electron chi connectivity index (χ4n) is 4.63. The second-order valence-corrected chi connectivity index (χ2v) is 9.63. The van der Waals surface area contributed by atoms with Crippen molar-refractivity contribution in [2.24, 2.45) is 0 Å². The van der Waals surface area contributed by atoms with Crippen molar-refractivity contribution in [3.8, 4) is 5.75 Å². The Kier molecular flexibility index (Phi) is 8.95. The number of nitrogens with zero attached hydrogens (tertiary/aromatic N) is 3. The Bertz CT molecular complexity index is 980. The predicted molar refractivity (Wildman–Crippen MR) is 139 cm³/mol. The zero-order chi connectivity index (χ0) is 23.9. The summed E-state index contributed by atoms with van der Waals surface area (Å²) >= 11 is 12.5. The Labute approximate surface area is 212 Å². The highest BCUT2D eigenvalue weighted by molar-refractivity contribution is 6.43. The van der Waals surface area contributed by atoms with Crippen LogP contribution >= 0.6 is 23.2 Å². The number of unbranched alkanes of at least 4 members (excludes halogenated alkanes) is 2. The quantitative estimate of drug-likeness (QED) is 0.412. The molecule has 0 spiro atoms. The number of hydrogen-bond acceptors (Lipinski definition) is 5. The second-order valence-electron chi connectivity index (χ2n) is 8.84. The number of carbonyl (C=O) groups excluding carboxylic acids is 1. The summed E-state index contributed by atoms with van der Waals surface area (Å²) in [6, 6.07) is 11.9. The lowest BCUT2D eigenvalue weighted by Gasteiger charge is -2.36. The number of fused-ring (bicyclic) bond motifs is 1. The summed E-state index contributed by atoms with van der Waals surface area (Å²) < 4.78 is 11.2. The van der Waals surface area contributed by atoms with Crippen molar-refractivity contribution in [1.29, 1.82) is 0 Å². The number of hydrogen-bond donors (Lipinski definition) is 0. The maximum atomic E-state index is 12.2. The van der Waals surface area contributed by atoms with Gasteiger partial charge in [-0.3, -0.25) is 14.6 Å². The molecular weight excluding hydrogens is 473 g/mol. The topological polar surface area (TPSA) is 45.2 Å². The lowest BCUT2D eigenvalue weighted by molar-refractivity contribution is -0.119. The molecule has 2 aromatic rings. The molecule has 0 aliphatic carbocycles. The third-order valence-corrected chi connectivity index (χ3v) is 7.36. The van der Waals surface area contributed by atoms with Gasteiger partial charge in [0.05, 0.1) is 28.0 Å². The minimum atomic E-state index is 0.1000. The summed E-state index contributed by atoms with van der Waals surface area (Å²) in [4.78, 5) is 18.8. The first kappa shape index (κ1) is 25.1. The van der Waals surface area contributed by atoms with Gasteiger partial charge in [0, 0.05) is 45.8 Å². The van der Waals surface area contributed by atoms with Gasteiger partial charge >= 0.3 is 0 Å². The number of carbonyl (C=O) groups is 1. The molecule has 8 heteroatoms. The van der Waals surface area contributed by atoms with Crippen molar-refractivity contribution in [2.75, 3.05) is 63.0 Å². The van der Waals surface area contributed by atoms with Gasteiger partial charge in [-0.1, -0.05) is 35.3 Å². The fraction of sp³-hybridized carbons (Fsp3) is 0.500. The lowest BCUT2D eigenvalue weighted by atomic mass is 10.0. The molecule has 1 saturated heterocycles. The normalized spacial score (nSPS) is 16.6. The highest BCUT2D eigenvalue weighted by Crippen LogP contribution is 2.33. The lowest BCUT2D eigenvalue weighted by Crippen LogP contribution is -2.46. The first-order chi connectivity index (χ1) is 16.6. The van der Waals surface area contributed by atoms with Crippen LogP contribution in [0.15, 0.2) is 36.4 Å². The van der Waals surface area contributed by atoms with Crippen LogP contribution in [0.25, 0.3) is 0 Å². The summed E-state index contributed by atoms with van der Waals surface area (Å²) in [5, 5.41) is 1.26. The molecule has 2 aliphatic heterocycles. The van der Waals surface area contributed by atoms with E-state index in [0.717, 1.165) is 75.5 Å². The van der Waals surface area contributed by atoms with Crippen LogP contribution in [0.1, 0.15) is 31.2 Å². The zero-order valence-electron chi connectivity index (χ0n) is 19.8. The largest absolute Gasteiger partial charge is 0.494 e. The van der Waals surface area contributed by atoms with Crippen molar-refractivity contribution in [2.45, 2.75) is 32.1 Å². The molecule has 0 radical (unpaired) electrons. The molecule has 2 aromatic carbocycles. The van der Waals surface area contributed by atoms with Crippen LogP contribution in [0.4, 0.5) is 11.4 Å². The highest BCUT2D eigenvalue weighted by atomic mass is 35.5. The molecule has 0 unspecified atom stereocenters. The van der Waals surface area contributed by atoms with E-state index in [0.29, 0.717) is 23.1 Å². The predicted octanol–water partition coefficient (Wildman–Crippen LogP) is 5.25. The van der Waals surface area contributed by atoms with Gasteiger partial charge in [-0.05, 0) is 56.0 Å². The molecular formula is C26H33Cl2N3O3. The van der Waals surface area contributed by atoms with E-state index in [-0.39, 0.29) is 12.6 Å². The number of rotatable bonds is 10. The van der Waals surface area contributed by atoms with Crippen LogP contribution in [-0.4, -0.2) is 64.0 Å². The molecule has 4 rings (SSSR count). The van der Waals surface area contributed by atoms with Crippen LogP contribution in [0.5, 0.6) is 5.75 Å². The Balaban J connectivity index is 1.15. The summed E-state index contributed by atoms with van der Waals surface area (Å²) in [5.74, 6) is 0.911. The van der Waals surface area contributed by atoms with Crippen molar-refractivity contribution in [1.82, 2.24) is 4.90 Å². The number of methoxy groups -OCH3 is 1. The second kappa shape index (κ2) is 12.1. The van der Waals surface area contributed by atoms with Crippen molar-refractivity contribution in [3.05, 3.63) is 52.0 Å². The molecule has 2 aliphatic rings. The molecule has 0 aromatic heterocycles. The van der Waals surface area contributed by atoms with Crippen LogP contribution in [0, 0.1) is 0 Å². The van der Waals surface area contributed by atoms with Gasteiger partial charge in [0.25, 0.3) is 0 Å². The smallest absolute Gasteiger partial charge is 0.229 e. The number of anilines is 2. The van der Waals surface area contributed by atoms with E-state index >= 15 is 0 Å². The summed E-state index contributed by atoms with van der Waals surface area (Å²) in [6.45, 7) is 6.04. The average molecular weight is 506 g/mol. The number of aryl methyl sites for hydroxylation is 1. The number of amides is 1. The molecule has 0 saturated carbocycles. The molecule has 1 amide bonds. The monoisotopic (exact) mass is 505 g/mol. The van der Waals surface area contributed by atoms with E-state index in [9.17, 15) is 4.79 Å². The molecule has 0 atom stereocenters. The van der Waals surface area contributed by atoms with Crippen molar-refractivity contribution < 1.29 is 14.3 Å². The molecule has 184 valence electrons. The standard InChI is InChI=1S/C26H33Cl2N3O3/c1-33-19-31-24-18-21(10-8-20(24)9-11-25(31)32)34-17-4-2-3-12-29-13-15-30(16-14-29)23-7-5-6-22(27)26(23)28/h5-8,10,18H,2-4,9,11-17,19H2,1H3. The maximum Gasteiger partial charge on any atom is 0.229 e. The SMILES string of the molecule is COCN1C(=O)CCc2ccc(OCCCCCN3CCN(c4cccc(Cl)c4Cl)CC3)cc21. The third-order valence-electron chi connectivity index (χ3n) is 6.55. The zero-order valence-corrected chi connectivity index (χ0v) is 21.3. The third kappa shape index (κ3) is 6.16. The minimum Gasteiger partial charge on any atom is -0.494 e. The minimum absolute atomic E-state index is 0.1000. The van der Waals surface area contributed by atoms with E-state index in [1.54, 1.807) is 12.0 Å². The Hall–Kier alpha value is -1.99. The summed E-state index contributed by atoms with van der Waals surface area (Å²) in [6.07, 6.45) is 4.59. The van der Waals surface area contributed by atoms with E-state index in [1.165, 1.54) is 5.56 Å². The van der Waals surface area contributed by atoms with Gasteiger partial charge in [-0.25, -0.2) is 0 Å². The summed E-state index contributed by atoms with van der Waals surface area (Å²) in [5.41, 5.74) is 3.11. The van der Waals surface area contributed by atoms with Gasteiger partial charge in [0.1, 0.15) is 12.5 Å². The number of halogens is 2. The first-order valence-corrected chi connectivity index (χ1v) is 12.8. The molecule has 34 heavy (non-hydrogen) atoms. The average Bonchev–Trinajstić information content (AvgIpc) is 2.85. The van der Waals surface area contributed by atoms with Crippen LogP contribution < -0.4 is 14.5 Å². The van der Waals surface area contributed by atoms with Gasteiger partial charge in [0.15, 0.2) is 0 Å².